The predicted octanol–water partition coefficient (Wildman–Crippen LogP) is 3.29. The van der Waals surface area contributed by atoms with Crippen molar-refractivity contribution < 1.29 is 39.5 Å². The standard InChI is InChI=1S/C5H2F9/c6-1(3(8)9)2(7)4(10,11)5(12,13)14/h1-2H. The third-order valence-corrected chi connectivity index (χ3v) is 1.19. The number of hydrogen-bond donors (Lipinski definition) is 0. The van der Waals surface area contributed by atoms with Crippen LogP contribution in [0.15, 0.2) is 0 Å². The first-order valence-corrected chi connectivity index (χ1v) is 2.92. The van der Waals surface area contributed by atoms with E-state index in [1.54, 1.807) is 0 Å². The molecule has 0 nitrogen and oxygen atoms in total. The van der Waals surface area contributed by atoms with Crippen LogP contribution in [0, 0.1) is 6.43 Å². The maximum absolute atomic E-state index is 12.0. The van der Waals surface area contributed by atoms with Crippen LogP contribution in [-0.4, -0.2) is 24.4 Å². The van der Waals surface area contributed by atoms with E-state index in [0.29, 0.717) is 0 Å². The third-order valence-electron chi connectivity index (χ3n) is 1.19. The Morgan fingerprint density at radius 1 is 0.857 bits per heavy atom. The smallest absolute Gasteiger partial charge is 0.237 e. The Kier molecular flexibility index (Phi) is 3.68. The molecule has 0 saturated heterocycles. The van der Waals surface area contributed by atoms with Crippen molar-refractivity contribution in [2.45, 2.75) is 24.4 Å². The minimum absolute atomic E-state index is 3.47. The lowest BCUT2D eigenvalue weighted by Crippen LogP contribution is -2.49. The summed E-state index contributed by atoms with van der Waals surface area (Å²) in [7, 11) is 0. The number of halogens is 9. The molecular weight excluding hydrogens is 231 g/mol. The van der Waals surface area contributed by atoms with Gasteiger partial charge in [0.2, 0.25) is 12.3 Å². The zero-order valence-electron chi connectivity index (χ0n) is 6.06. The molecule has 0 amide bonds. The summed E-state index contributed by atoms with van der Waals surface area (Å²) < 4.78 is 104. The summed E-state index contributed by atoms with van der Waals surface area (Å²) in [6, 6.07) is 0. The largest absolute Gasteiger partial charge is 0.456 e. The summed E-state index contributed by atoms with van der Waals surface area (Å²) in [6.07, 6.45) is -18.8. The molecule has 0 spiro atoms. The van der Waals surface area contributed by atoms with Crippen LogP contribution in [0.4, 0.5) is 39.5 Å². The second kappa shape index (κ2) is 3.85. The van der Waals surface area contributed by atoms with Crippen molar-refractivity contribution in [3.05, 3.63) is 6.43 Å². The second-order valence-electron chi connectivity index (χ2n) is 2.21. The van der Waals surface area contributed by atoms with Gasteiger partial charge in [0.05, 0.1) is 0 Å². The maximum Gasteiger partial charge on any atom is 0.456 e. The highest BCUT2D eigenvalue weighted by Gasteiger charge is 2.66. The molecule has 0 aromatic heterocycles. The highest BCUT2D eigenvalue weighted by molar-refractivity contribution is 4.94. The van der Waals surface area contributed by atoms with Crippen molar-refractivity contribution in [2.24, 2.45) is 0 Å². The molecule has 0 saturated carbocycles. The Bertz CT molecular complexity index is 182. The van der Waals surface area contributed by atoms with Gasteiger partial charge in [-0.1, -0.05) is 0 Å². The van der Waals surface area contributed by atoms with E-state index in [4.69, 9.17) is 0 Å². The quantitative estimate of drug-likeness (QED) is 0.656. The van der Waals surface area contributed by atoms with Gasteiger partial charge in [-0.3, -0.25) is 0 Å². The van der Waals surface area contributed by atoms with E-state index in [1.807, 2.05) is 0 Å². The van der Waals surface area contributed by atoms with Gasteiger partial charge < -0.3 is 0 Å². The van der Waals surface area contributed by atoms with Crippen LogP contribution in [-0.2, 0) is 0 Å². The van der Waals surface area contributed by atoms with Gasteiger partial charge in [0.25, 0.3) is 0 Å². The Labute approximate surface area is 71.7 Å². The van der Waals surface area contributed by atoms with Gasteiger partial charge in [-0.2, -0.15) is 30.7 Å². The normalized spacial score (nSPS) is 18.4. The first-order chi connectivity index (χ1) is 6.01. The fraction of sp³-hybridized carbons (Fsp3) is 0.800. The van der Waals surface area contributed by atoms with E-state index in [1.165, 1.54) is 0 Å². The van der Waals surface area contributed by atoms with Crippen LogP contribution < -0.4 is 0 Å². The molecular formula is C5H2F9. The average Bonchev–Trinajstić information content (AvgIpc) is 1.99. The lowest BCUT2D eigenvalue weighted by Gasteiger charge is -2.24. The Hall–Kier alpha value is -0.630. The second-order valence-corrected chi connectivity index (χ2v) is 2.21. The molecule has 0 bridgehead atoms. The van der Waals surface area contributed by atoms with Crippen molar-refractivity contribution in [1.29, 1.82) is 0 Å². The molecule has 1 radical (unpaired) electrons. The molecule has 0 fully saturated rings. The minimum Gasteiger partial charge on any atom is -0.237 e. The SMILES string of the molecule is F[C](F)C(F)C(F)C(F)(F)C(F)(F)F. The van der Waals surface area contributed by atoms with E-state index in [9.17, 15) is 39.5 Å². The van der Waals surface area contributed by atoms with Crippen molar-refractivity contribution >= 4 is 0 Å². The lowest BCUT2D eigenvalue weighted by molar-refractivity contribution is -0.310. The molecule has 9 heteroatoms. The van der Waals surface area contributed by atoms with Gasteiger partial charge in [-0.05, 0) is 0 Å². The molecule has 0 heterocycles. The van der Waals surface area contributed by atoms with Crippen molar-refractivity contribution in [1.82, 2.24) is 0 Å². The van der Waals surface area contributed by atoms with Gasteiger partial charge in [0, 0.05) is 0 Å². The van der Waals surface area contributed by atoms with Crippen LogP contribution in [0.2, 0.25) is 0 Å². The summed E-state index contributed by atoms with van der Waals surface area (Å²) in [6.45, 7) is 0. The van der Waals surface area contributed by atoms with Gasteiger partial charge >= 0.3 is 18.5 Å². The monoisotopic (exact) mass is 233 g/mol. The number of hydrogen-bond acceptors (Lipinski definition) is 0. The fourth-order valence-corrected chi connectivity index (χ4v) is 0.451. The molecule has 0 aromatic carbocycles. The fourth-order valence-electron chi connectivity index (χ4n) is 0.451. The summed E-state index contributed by atoms with van der Waals surface area (Å²) in [5.74, 6) is -6.14. The summed E-state index contributed by atoms with van der Waals surface area (Å²) in [5.41, 5.74) is 0. The summed E-state index contributed by atoms with van der Waals surface area (Å²) in [4.78, 5) is 0. The highest BCUT2D eigenvalue weighted by Crippen LogP contribution is 2.42. The Morgan fingerprint density at radius 2 is 1.21 bits per heavy atom. The number of alkyl halides is 7. The van der Waals surface area contributed by atoms with Gasteiger partial charge in [-0.25, -0.2) is 8.78 Å². The van der Waals surface area contributed by atoms with E-state index in [2.05, 4.69) is 0 Å². The van der Waals surface area contributed by atoms with E-state index in [-0.39, 0.29) is 0 Å². The zero-order valence-corrected chi connectivity index (χ0v) is 6.06. The molecule has 0 aliphatic heterocycles. The topological polar surface area (TPSA) is 0 Å². The van der Waals surface area contributed by atoms with Crippen molar-refractivity contribution in [3.63, 3.8) is 0 Å². The molecule has 85 valence electrons. The van der Waals surface area contributed by atoms with Crippen LogP contribution in [0.25, 0.3) is 0 Å². The van der Waals surface area contributed by atoms with Gasteiger partial charge in [-0.15, -0.1) is 0 Å². The lowest BCUT2D eigenvalue weighted by atomic mass is 10.1. The first-order valence-electron chi connectivity index (χ1n) is 2.92. The van der Waals surface area contributed by atoms with E-state index in [0.717, 1.165) is 0 Å². The molecule has 14 heavy (non-hydrogen) atoms. The van der Waals surface area contributed by atoms with Crippen LogP contribution in [0.1, 0.15) is 0 Å². The van der Waals surface area contributed by atoms with Crippen LogP contribution in [0.3, 0.4) is 0 Å². The van der Waals surface area contributed by atoms with E-state index < -0.39 is 30.9 Å². The highest BCUT2D eigenvalue weighted by atomic mass is 19.4. The molecule has 0 rings (SSSR count). The summed E-state index contributed by atoms with van der Waals surface area (Å²) in [5, 5.41) is 0. The third kappa shape index (κ3) is 2.44. The van der Waals surface area contributed by atoms with Gasteiger partial charge in [0.15, 0.2) is 0 Å². The van der Waals surface area contributed by atoms with Crippen LogP contribution in [0.5, 0.6) is 0 Å². The van der Waals surface area contributed by atoms with Crippen molar-refractivity contribution in [3.8, 4) is 0 Å². The molecule has 0 aliphatic rings. The molecule has 0 aromatic rings. The zero-order chi connectivity index (χ0) is 11.7. The summed E-state index contributed by atoms with van der Waals surface area (Å²) >= 11 is 0. The van der Waals surface area contributed by atoms with Gasteiger partial charge in [0.1, 0.15) is 0 Å². The Morgan fingerprint density at radius 3 is 1.43 bits per heavy atom. The average molecular weight is 233 g/mol. The molecule has 2 atom stereocenters. The first kappa shape index (κ1) is 13.4. The minimum atomic E-state index is -6.41. The molecule has 0 aliphatic carbocycles. The molecule has 0 N–H and O–H groups in total. The molecule has 2 unspecified atom stereocenters. The predicted molar refractivity (Wildman–Crippen MR) is 26.3 cm³/mol. The number of rotatable bonds is 3. The van der Waals surface area contributed by atoms with Crippen LogP contribution >= 0.6 is 0 Å². The Balaban J connectivity index is 4.75. The maximum atomic E-state index is 12.0. The van der Waals surface area contributed by atoms with E-state index >= 15 is 0 Å². The van der Waals surface area contributed by atoms with Crippen molar-refractivity contribution in [2.75, 3.05) is 0 Å².